The van der Waals surface area contributed by atoms with Crippen molar-refractivity contribution in [3.8, 4) is 11.5 Å². The SMILES string of the molecule is COc1cc(N=S(C)(=O)C(C)C)cc2ncnc(Nc3ccc(F)cc3OC3CCOC3)c12. The number of rotatable bonds is 7. The summed E-state index contributed by atoms with van der Waals surface area (Å²) < 4.78 is 48.1. The van der Waals surface area contributed by atoms with Crippen LogP contribution < -0.4 is 14.8 Å². The zero-order chi connectivity index (χ0) is 23.6. The topological polar surface area (TPSA) is 94.9 Å². The van der Waals surface area contributed by atoms with Crippen molar-refractivity contribution in [2.75, 3.05) is 31.9 Å². The summed E-state index contributed by atoms with van der Waals surface area (Å²) in [5.74, 6) is 0.898. The first-order valence-corrected chi connectivity index (χ1v) is 12.6. The van der Waals surface area contributed by atoms with Gasteiger partial charge in [0.15, 0.2) is 0 Å². The van der Waals surface area contributed by atoms with E-state index >= 15 is 0 Å². The van der Waals surface area contributed by atoms with Crippen molar-refractivity contribution in [1.82, 2.24) is 9.97 Å². The van der Waals surface area contributed by atoms with Crippen LogP contribution in [0.25, 0.3) is 10.9 Å². The molecule has 2 unspecified atom stereocenters. The molecule has 1 aliphatic heterocycles. The van der Waals surface area contributed by atoms with Crippen LogP contribution >= 0.6 is 0 Å². The van der Waals surface area contributed by atoms with Crippen molar-refractivity contribution >= 4 is 37.8 Å². The summed E-state index contributed by atoms with van der Waals surface area (Å²) in [4.78, 5) is 8.73. The summed E-state index contributed by atoms with van der Waals surface area (Å²) in [6.45, 7) is 4.82. The van der Waals surface area contributed by atoms with Crippen LogP contribution in [-0.2, 0) is 14.5 Å². The van der Waals surface area contributed by atoms with Crippen molar-refractivity contribution in [2.24, 2.45) is 4.36 Å². The van der Waals surface area contributed by atoms with Crippen LogP contribution in [0.15, 0.2) is 41.0 Å². The lowest BCUT2D eigenvalue weighted by atomic mass is 10.2. The zero-order valence-corrected chi connectivity index (χ0v) is 19.8. The standard InChI is InChI=1S/C23H27FN4O4S/c1-14(2)33(4,29)28-16-10-19-22(21(11-16)30-3)23(26-13-25-19)27-18-6-5-15(24)9-20(18)32-17-7-8-31-12-17/h5-6,9-11,13-14,17H,7-8,12H2,1-4H3,(H,25,26,27). The van der Waals surface area contributed by atoms with E-state index in [0.717, 1.165) is 6.42 Å². The number of benzene rings is 2. The number of fused-ring (bicyclic) bond motifs is 1. The van der Waals surface area contributed by atoms with Crippen LogP contribution in [0.4, 0.5) is 21.6 Å². The first kappa shape index (κ1) is 23.2. The van der Waals surface area contributed by atoms with Crippen molar-refractivity contribution < 1.29 is 22.8 Å². The van der Waals surface area contributed by atoms with Crippen LogP contribution in [-0.4, -0.2) is 52.1 Å². The second-order valence-corrected chi connectivity index (χ2v) is 11.0. The number of nitrogens with one attached hydrogen (secondary N) is 1. The Hall–Kier alpha value is -2.98. The van der Waals surface area contributed by atoms with Crippen molar-refractivity contribution in [3.63, 3.8) is 0 Å². The molecule has 2 heterocycles. The molecule has 1 fully saturated rings. The summed E-state index contributed by atoms with van der Waals surface area (Å²) in [5.41, 5.74) is 1.63. The minimum Gasteiger partial charge on any atom is -0.496 e. The summed E-state index contributed by atoms with van der Waals surface area (Å²) in [5, 5.41) is 3.74. The third kappa shape index (κ3) is 5.17. The molecule has 4 rings (SSSR count). The highest BCUT2D eigenvalue weighted by atomic mass is 32.2. The lowest BCUT2D eigenvalue weighted by Gasteiger charge is -2.18. The second-order valence-electron chi connectivity index (χ2n) is 8.13. The average molecular weight is 475 g/mol. The molecule has 1 aliphatic rings. The van der Waals surface area contributed by atoms with Gasteiger partial charge in [0.05, 0.1) is 52.3 Å². The van der Waals surface area contributed by atoms with Crippen molar-refractivity contribution in [2.45, 2.75) is 31.6 Å². The van der Waals surface area contributed by atoms with E-state index in [0.29, 0.717) is 52.8 Å². The lowest BCUT2D eigenvalue weighted by Crippen LogP contribution is -2.16. The van der Waals surface area contributed by atoms with Gasteiger partial charge < -0.3 is 19.5 Å². The Labute approximate surface area is 192 Å². The van der Waals surface area contributed by atoms with E-state index in [2.05, 4.69) is 19.6 Å². The van der Waals surface area contributed by atoms with E-state index in [-0.39, 0.29) is 11.4 Å². The van der Waals surface area contributed by atoms with Gasteiger partial charge in [-0.2, -0.15) is 4.36 Å². The predicted molar refractivity (Wildman–Crippen MR) is 127 cm³/mol. The highest BCUT2D eigenvalue weighted by molar-refractivity contribution is 7.93. The smallest absolute Gasteiger partial charge is 0.146 e. The molecule has 2 atom stereocenters. The lowest BCUT2D eigenvalue weighted by molar-refractivity contribution is 0.141. The Morgan fingerprint density at radius 3 is 2.76 bits per heavy atom. The molecule has 2 aromatic carbocycles. The molecule has 3 aromatic rings. The third-order valence-corrected chi connectivity index (χ3v) is 7.77. The minimum atomic E-state index is -2.43. The van der Waals surface area contributed by atoms with Gasteiger partial charge in [0.2, 0.25) is 0 Å². The van der Waals surface area contributed by atoms with E-state index in [9.17, 15) is 8.60 Å². The van der Waals surface area contributed by atoms with Crippen LogP contribution in [0.1, 0.15) is 20.3 Å². The van der Waals surface area contributed by atoms with Gasteiger partial charge in [-0.3, -0.25) is 0 Å². The van der Waals surface area contributed by atoms with Gasteiger partial charge in [0, 0.05) is 30.1 Å². The molecule has 1 aromatic heterocycles. The molecule has 1 N–H and O–H groups in total. The minimum absolute atomic E-state index is 0.107. The first-order chi connectivity index (χ1) is 15.8. The molecule has 0 spiro atoms. The molecule has 10 heteroatoms. The molecule has 0 radical (unpaired) electrons. The quantitative estimate of drug-likeness (QED) is 0.524. The monoisotopic (exact) mass is 474 g/mol. The number of hydrogen-bond donors (Lipinski definition) is 1. The fraction of sp³-hybridized carbons (Fsp3) is 0.391. The van der Waals surface area contributed by atoms with Crippen molar-refractivity contribution in [3.05, 3.63) is 42.5 Å². The van der Waals surface area contributed by atoms with Gasteiger partial charge in [-0.25, -0.2) is 18.6 Å². The zero-order valence-electron chi connectivity index (χ0n) is 19.0. The fourth-order valence-corrected chi connectivity index (χ4v) is 4.11. The molecular weight excluding hydrogens is 447 g/mol. The van der Waals surface area contributed by atoms with Crippen molar-refractivity contribution in [1.29, 1.82) is 0 Å². The van der Waals surface area contributed by atoms with Gasteiger partial charge in [0.1, 0.15) is 35.6 Å². The van der Waals surface area contributed by atoms with E-state index in [1.165, 1.54) is 25.6 Å². The van der Waals surface area contributed by atoms with Crippen LogP contribution in [0.2, 0.25) is 0 Å². The maximum Gasteiger partial charge on any atom is 0.146 e. The summed E-state index contributed by atoms with van der Waals surface area (Å²) in [7, 11) is -0.891. The Morgan fingerprint density at radius 2 is 2.06 bits per heavy atom. The Bertz CT molecular complexity index is 1280. The number of nitrogens with zero attached hydrogens (tertiary/aromatic N) is 3. The predicted octanol–water partition coefficient (Wildman–Crippen LogP) is 4.83. The molecule has 0 saturated carbocycles. The van der Waals surface area contributed by atoms with Gasteiger partial charge in [-0.15, -0.1) is 0 Å². The Kier molecular flexibility index (Phi) is 6.66. The molecule has 0 bridgehead atoms. The van der Waals surface area contributed by atoms with Crippen LogP contribution in [0.3, 0.4) is 0 Å². The highest BCUT2D eigenvalue weighted by Crippen LogP contribution is 2.38. The van der Waals surface area contributed by atoms with Gasteiger partial charge in [-0.05, 0) is 18.2 Å². The van der Waals surface area contributed by atoms with Crippen LogP contribution in [0.5, 0.6) is 11.5 Å². The molecule has 0 amide bonds. The molecule has 33 heavy (non-hydrogen) atoms. The fourth-order valence-electron chi connectivity index (χ4n) is 3.37. The molecule has 8 nitrogen and oxygen atoms in total. The number of halogens is 1. The Balaban J connectivity index is 1.76. The van der Waals surface area contributed by atoms with Gasteiger partial charge in [-0.1, -0.05) is 13.8 Å². The molecular formula is C23H27FN4O4S. The number of anilines is 2. The van der Waals surface area contributed by atoms with Gasteiger partial charge >= 0.3 is 0 Å². The number of methoxy groups -OCH3 is 1. The normalized spacial score (nSPS) is 17.7. The molecule has 0 aliphatic carbocycles. The maximum atomic E-state index is 13.9. The summed E-state index contributed by atoms with van der Waals surface area (Å²) >= 11 is 0. The van der Waals surface area contributed by atoms with E-state index in [1.54, 1.807) is 24.5 Å². The Morgan fingerprint density at radius 1 is 1.24 bits per heavy atom. The largest absolute Gasteiger partial charge is 0.496 e. The maximum absolute atomic E-state index is 13.9. The number of hydrogen-bond acceptors (Lipinski definition) is 8. The summed E-state index contributed by atoms with van der Waals surface area (Å²) in [6, 6.07) is 7.73. The average Bonchev–Trinajstić information content (AvgIpc) is 3.27. The third-order valence-electron chi connectivity index (χ3n) is 5.45. The van der Waals surface area contributed by atoms with E-state index in [4.69, 9.17) is 14.2 Å². The number of aromatic nitrogens is 2. The molecule has 176 valence electrons. The number of ether oxygens (including phenoxy) is 3. The van der Waals surface area contributed by atoms with Crippen LogP contribution in [0, 0.1) is 5.82 Å². The van der Waals surface area contributed by atoms with E-state index in [1.807, 2.05) is 13.8 Å². The van der Waals surface area contributed by atoms with Gasteiger partial charge in [0.25, 0.3) is 0 Å². The highest BCUT2D eigenvalue weighted by Gasteiger charge is 2.20. The second kappa shape index (κ2) is 9.48. The van der Waals surface area contributed by atoms with E-state index < -0.39 is 15.5 Å². The molecule has 1 saturated heterocycles. The summed E-state index contributed by atoms with van der Waals surface area (Å²) in [6.07, 6.45) is 3.64. The first-order valence-electron chi connectivity index (χ1n) is 10.6.